The van der Waals surface area contributed by atoms with Gasteiger partial charge in [0, 0.05) is 38.2 Å². The van der Waals surface area contributed by atoms with E-state index in [1.807, 2.05) is 30.0 Å². The number of benzene rings is 1. The van der Waals surface area contributed by atoms with E-state index >= 15 is 0 Å². The number of ether oxygens (including phenoxy) is 1. The number of rotatable bonds is 2. The number of nitrogens with zero attached hydrogens (tertiary/aromatic N) is 4. The predicted molar refractivity (Wildman–Crippen MR) is 96.5 cm³/mol. The van der Waals surface area contributed by atoms with Crippen molar-refractivity contribution < 1.29 is 9.53 Å². The Morgan fingerprint density at radius 2 is 1.92 bits per heavy atom. The normalized spacial score (nSPS) is 24.5. The maximum atomic E-state index is 12.9. The highest BCUT2D eigenvalue weighted by Crippen LogP contribution is 2.28. The molecular formula is C19H24N4O2. The summed E-state index contributed by atoms with van der Waals surface area (Å²) in [5.74, 6) is 1.09. The Morgan fingerprint density at radius 3 is 2.68 bits per heavy atom. The van der Waals surface area contributed by atoms with E-state index in [1.165, 1.54) is 0 Å². The summed E-state index contributed by atoms with van der Waals surface area (Å²) in [6.07, 6.45) is 4.56. The van der Waals surface area contributed by atoms with Crippen LogP contribution in [-0.4, -0.2) is 59.2 Å². The fourth-order valence-corrected chi connectivity index (χ4v) is 3.80. The molecule has 1 atom stereocenters. The Bertz CT molecular complexity index is 760. The molecule has 1 aromatic heterocycles. The smallest absolute Gasteiger partial charge is 0.254 e. The van der Waals surface area contributed by atoms with Gasteiger partial charge in [-0.15, -0.1) is 0 Å². The zero-order chi connectivity index (χ0) is 17.3. The van der Waals surface area contributed by atoms with Crippen molar-refractivity contribution in [3.8, 4) is 0 Å². The third-order valence-electron chi connectivity index (χ3n) is 5.31. The van der Waals surface area contributed by atoms with Gasteiger partial charge in [0.25, 0.3) is 5.91 Å². The Balaban J connectivity index is 1.47. The van der Waals surface area contributed by atoms with Crippen molar-refractivity contribution in [2.24, 2.45) is 0 Å². The lowest BCUT2D eigenvalue weighted by Gasteiger charge is -2.41. The highest BCUT2D eigenvalue weighted by Gasteiger charge is 2.40. The number of fused-ring (bicyclic) bond motifs is 1. The predicted octanol–water partition coefficient (Wildman–Crippen LogP) is 2.24. The number of hydrogen-bond acceptors (Lipinski definition) is 5. The van der Waals surface area contributed by atoms with Gasteiger partial charge in [-0.3, -0.25) is 4.79 Å². The molecule has 0 N–H and O–H groups in total. The van der Waals surface area contributed by atoms with Gasteiger partial charge in [-0.25, -0.2) is 9.97 Å². The molecule has 2 fully saturated rings. The van der Waals surface area contributed by atoms with Gasteiger partial charge >= 0.3 is 0 Å². The molecule has 2 aliphatic heterocycles. The fraction of sp³-hybridized carbons (Fsp3) is 0.526. The van der Waals surface area contributed by atoms with Gasteiger partial charge < -0.3 is 14.5 Å². The summed E-state index contributed by atoms with van der Waals surface area (Å²) in [6, 6.07) is 8.05. The first-order valence-corrected chi connectivity index (χ1v) is 9.05. The number of piperazine rings is 1. The first-order chi connectivity index (χ1) is 12.2. The van der Waals surface area contributed by atoms with Crippen LogP contribution in [0.25, 0.3) is 10.9 Å². The standard InChI is InChI=1S/C19H24N4O2/c1-19(8-4-5-13-25-19)18(24)23-11-9-22(10-12-23)17-15-6-2-3-7-16(15)20-14-21-17/h2-3,6-7,14H,4-5,8-13H2,1H3. The fourth-order valence-electron chi connectivity index (χ4n) is 3.80. The monoisotopic (exact) mass is 340 g/mol. The van der Waals surface area contributed by atoms with E-state index in [0.717, 1.165) is 49.1 Å². The average Bonchev–Trinajstić information content (AvgIpc) is 2.68. The highest BCUT2D eigenvalue weighted by atomic mass is 16.5. The topological polar surface area (TPSA) is 58.6 Å². The maximum Gasteiger partial charge on any atom is 0.254 e. The van der Waals surface area contributed by atoms with Crippen molar-refractivity contribution in [2.45, 2.75) is 31.8 Å². The second-order valence-corrected chi connectivity index (χ2v) is 7.03. The molecule has 1 aromatic carbocycles. The number of para-hydroxylation sites is 1. The lowest BCUT2D eigenvalue weighted by atomic mass is 9.94. The minimum atomic E-state index is -0.637. The van der Waals surface area contributed by atoms with Crippen molar-refractivity contribution in [1.29, 1.82) is 0 Å². The van der Waals surface area contributed by atoms with Crippen molar-refractivity contribution in [2.75, 3.05) is 37.7 Å². The average molecular weight is 340 g/mol. The lowest BCUT2D eigenvalue weighted by Crippen LogP contribution is -2.56. The van der Waals surface area contributed by atoms with Crippen LogP contribution in [0.4, 0.5) is 5.82 Å². The van der Waals surface area contributed by atoms with Crippen LogP contribution in [0.1, 0.15) is 26.2 Å². The molecular weight excluding hydrogens is 316 g/mol. The molecule has 2 aromatic rings. The van der Waals surface area contributed by atoms with Gasteiger partial charge in [0.2, 0.25) is 0 Å². The third kappa shape index (κ3) is 3.06. The van der Waals surface area contributed by atoms with E-state index in [0.29, 0.717) is 19.7 Å². The van der Waals surface area contributed by atoms with E-state index in [1.54, 1.807) is 6.33 Å². The van der Waals surface area contributed by atoms with Crippen LogP contribution in [0.3, 0.4) is 0 Å². The summed E-state index contributed by atoms with van der Waals surface area (Å²) in [5, 5.41) is 1.06. The van der Waals surface area contributed by atoms with Crippen LogP contribution in [0, 0.1) is 0 Å². The van der Waals surface area contributed by atoms with E-state index in [9.17, 15) is 4.79 Å². The molecule has 3 heterocycles. The summed E-state index contributed by atoms with van der Waals surface area (Å²) in [7, 11) is 0. The van der Waals surface area contributed by atoms with Crippen molar-refractivity contribution in [3.05, 3.63) is 30.6 Å². The number of carbonyl (C=O) groups excluding carboxylic acids is 1. The molecule has 0 radical (unpaired) electrons. The number of amides is 1. The van der Waals surface area contributed by atoms with Crippen LogP contribution in [0.2, 0.25) is 0 Å². The number of carbonyl (C=O) groups is 1. The summed E-state index contributed by atoms with van der Waals surface area (Å²) < 4.78 is 5.82. The molecule has 0 saturated carbocycles. The second kappa shape index (κ2) is 6.59. The van der Waals surface area contributed by atoms with Gasteiger partial charge in [0.1, 0.15) is 17.7 Å². The van der Waals surface area contributed by atoms with Gasteiger partial charge in [-0.1, -0.05) is 12.1 Å². The quantitative estimate of drug-likeness (QED) is 0.839. The van der Waals surface area contributed by atoms with E-state index in [2.05, 4.69) is 20.9 Å². The molecule has 132 valence electrons. The van der Waals surface area contributed by atoms with E-state index in [-0.39, 0.29) is 5.91 Å². The summed E-state index contributed by atoms with van der Waals surface area (Å²) in [5.41, 5.74) is 0.316. The maximum absolute atomic E-state index is 12.9. The van der Waals surface area contributed by atoms with Crippen LogP contribution in [0.5, 0.6) is 0 Å². The van der Waals surface area contributed by atoms with Crippen LogP contribution < -0.4 is 4.90 Å². The minimum absolute atomic E-state index is 0.138. The third-order valence-corrected chi connectivity index (χ3v) is 5.31. The molecule has 1 unspecified atom stereocenters. The lowest BCUT2D eigenvalue weighted by molar-refractivity contribution is -0.162. The SMILES string of the molecule is CC1(C(=O)N2CCN(c3ncnc4ccccc34)CC2)CCCCO1. The van der Waals surface area contributed by atoms with Crippen molar-refractivity contribution in [3.63, 3.8) is 0 Å². The summed E-state index contributed by atoms with van der Waals surface area (Å²) >= 11 is 0. The minimum Gasteiger partial charge on any atom is -0.365 e. The zero-order valence-electron chi connectivity index (χ0n) is 14.6. The number of aromatic nitrogens is 2. The summed E-state index contributed by atoms with van der Waals surface area (Å²) in [4.78, 5) is 25.9. The van der Waals surface area contributed by atoms with Gasteiger partial charge in [0.05, 0.1) is 5.52 Å². The molecule has 2 aliphatic rings. The molecule has 6 nitrogen and oxygen atoms in total. The summed E-state index contributed by atoms with van der Waals surface area (Å²) in [6.45, 7) is 5.60. The first-order valence-electron chi connectivity index (χ1n) is 9.05. The zero-order valence-corrected chi connectivity index (χ0v) is 14.6. The number of anilines is 1. The largest absolute Gasteiger partial charge is 0.365 e. The first kappa shape index (κ1) is 16.3. The Hall–Kier alpha value is -2.21. The molecule has 4 rings (SSSR count). The van der Waals surface area contributed by atoms with Crippen molar-refractivity contribution in [1.82, 2.24) is 14.9 Å². The van der Waals surface area contributed by atoms with Crippen LogP contribution >= 0.6 is 0 Å². The second-order valence-electron chi connectivity index (χ2n) is 7.03. The molecule has 25 heavy (non-hydrogen) atoms. The van der Waals surface area contributed by atoms with Crippen LogP contribution in [-0.2, 0) is 9.53 Å². The molecule has 1 amide bonds. The number of hydrogen-bond donors (Lipinski definition) is 0. The Morgan fingerprint density at radius 1 is 1.12 bits per heavy atom. The van der Waals surface area contributed by atoms with Gasteiger partial charge in [0.15, 0.2) is 0 Å². The molecule has 0 bridgehead atoms. The molecule has 0 spiro atoms. The van der Waals surface area contributed by atoms with E-state index in [4.69, 9.17) is 4.74 Å². The van der Waals surface area contributed by atoms with Gasteiger partial charge in [-0.2, -0.15) is 0 Å². The van der Waals surface area contributed by atoms with Crippen LogP contribution in [0.15, 0.2) is 30.6 Å². The Kier molecular flexibility index (Phi) is 4.29. The highest BCUT2D eigenvalue weighted by molar-refractivity contribution is 5.89. The molecule has 6 heteroatoms. The van der Waals surface area contributed by atoms with Gasteiger partial charge in [-0.05, 0) is 38.3 Å². The Labute approximate surface area is 147 Å². The molecule has 2 saturated heterocycles. The van der Waals surface area contributed by atoms with E-state index < -0.39 is 5.60 Å². The molecule has 0 aliphatic carbocycles. The van der Waals surface area contributed by atoms with Crippen molar-refractivity contribution >= 4 is 22.6 Å².